The van der Waals surface area contributed by atoms with Crippen molar-refractivity contribution in [2.75, 3.05) is 5.32 Å². The molecule has 0 fully saturated rings. The van der Waals surface area contributed by atoms with Gasteiger partial charge in [0, 0.05) is 16.2 Å². The molecule has 0 aliphatic carbocycles. The second-order valence-electron chi connectivity index (χ2n) is 5.76. The molecule has 4 rings (SSSR count). The molecule has 1 amide bonds. The first-order valence-corrected chi connectivity index (χ1v) is 8.69. The zero-order valence-corrected chi connectivity index (χ0v) is 15.5. The zero-order valence-electron chi connectivity index (χ0n) is 13.9. The van der Waals surface area contributed by atoms with Gasteiger partial charge in [-0.15, -0.1) is 0 Å². The average Bonchev–Trinajstić information content (AvgIpc) is 3.31. The average molecular weight is 451 g/mol. The van der Waals surface area contributed by atoms with Crippen LogP contribution in [-0.4, -0.2) is 20.5 Å². The van der Waals surface area contributed by atoms with Gasteiger partial charge >= 0.3 is 6.18 Å². The molecule has 0 saturated heterocycles. The van der Waals surface area contributed by atoms with Crippen LogP contribution in [0.5, 0.6) is 0 Å². The molecule has 0 atom stereocenters. The number of halogens is 4. The van der Waals surface area contributed by atoms with E-state index in [9.17, 15) is 18.0 Å². The van der Waals surface area contributed by atoms with Crippen LogP contribution in [0.25, 0.3) is 17.1 Å². The second-order valence-corrected chi connectivity index (χ2v) is 6.68. The van der Waals surface area contributed by atoms with Crippen LogP contribution in [0.15, 0.2) is 63.7 Å². The van der Waals surface area contributed by atoms with E-state index < -0.39 is 17.8 Å². The first-order valence-electron chi connectivity index (χ1n) is 7.90. The molecule has 6 nitrogen and oxygen atoms in total. The number of aromatic nitrogens is 3. The molecular formula is C18H10BrF3N4O2. The zero-order chi connectivity index (χ0) is 19.9. The Hall–Kier alpha value is -3.14. The number of nitrogens with one attached hydrogen (secondary N) is 1. The quantitative estimate of drug-likeness (QED) is 0.475. The predicted octanol–water partition coefficient (Wildman–Crippen LogP) is 5.02. The summed E-state index contributed by atoms with van der Waals surface area (Å²) in [4.78, 5) is 16.6. The molecule has 0 saturated carbocycles. The highest BCUT2D eigenvalue weighted by Gasteiger charge is 2.36. The molecule has 3 heterocycles. The van der Waals surface area contributed by atoms with E-state index in [0.717, 1.165) is 10.5 Å². The van der Waals surface area contributed by atoms with Crippen LogP contribution in [-0.2, 0) is 6.18 Å². The van der Waals surface area contributed by atoms with Crippen molar-refractivity contribution in [3.05, 3.63) is 70.7 Å². The number of benzene rings is 1. The minimum absolute atomic E-state index is 0.00964. The van der Waals surface area contributed by atoms with Gasteiger partial charge in [0.25, 0.3) is 5.91 Å². The van der Waals surface area contributed by atoms with E-state index in [2.05, 4.69) is 31.3 Å². The summed E-state index contributed by atoms with van der Waals surface area (Å²) in [5.74, 6) is -0.476. The minimum Gasteiger partial charge on any atom is -0.463 e. The molecule has 0 radical (unpaired) electrons. The molecule has 0 aliphatic rings. The fraction of sp³-hybridized carbons (Fsp3) is 0.0556. The monoisotopic (exact) mass is 450 g/mol. The van der Waals surface area contributed by atoms with E-state index in [0.29, 0.717) is 10.2 Å². The number of alkyl halides is 3. The van der Waals surface area contributed by atoms with Gasteiger partial charge in [-0.05, 0) is 42.5 Å². The number of hydrogen-bond donors (Lipinski definition) is 1. The van der Waals surface area contributed by atoms with Crippen molar-refractivity contribution in [1.29, 1.82) is 0 Å². The van der Waals surface area contributed by atoms with Crippen LogP contribution in [0.1, 0.15) is 16.2 Å². The summed E-state index contributed by atoms with van der Waals surface area (Å²) >= 11 is 3.28. The lowest BCUT2D eigenvalue weighted by Gasteiger charge is -2.09. The summed E-state index contributed by atoms with van der Waals surface area (Å²) in [5.41, 5.74) is -0.915. The molecule has 0 spiro atoms. The van der Waals surface area contributed by atoms with Crippen LogP contribution >= 0.6 is 15.9 Å². The highest BCUT2D eigenvalue weighted by atomic mass is 79.9. The van der Waals surface area contributed by atoms with Gasteiger partial charge in [0.1, 0.15) is 5.69 Å². The number of nitrogens with zero attached hydrogens (tertiary/aromatic N) is 3. The fourth-order valence-corrected chi connectivity index (χ4v) is 2.83. The third-order valence-electron chi connectivity index (χ3n) is 3.83. The Balaban J connectivity index is 1.77. The summed E-state index contributed by atoms with van der Waals surface area (Å²) in [5, 5.41) is 6.38. The SMILES string of the molecule is O=C(Nc1ccc(Br)cc1)c1cc2nc(-c3ccco3)cc(C(F)(F)F)n2n1. The molecule has 1 aromatic carbocycles. The van der Waals surface area contributed by atoms with Crippen LogP contribution in [0.2, 0.25) is 0 Å². The predicted molar refractivity (Wildman–Crippen MR) is 97.8 cm³/mol. The highest BCUT2D eigenvalue weighted by Crippen LogP contribution is 2.32. The molecule has 0 bridgehead atoms. The molecule has 28 heavy (non-hydrogen) atoms. The lowest BCUT2D eigenvalue weighted by Crippen LogP contribution is -2.15. The Kier molecular flexibility index (Phi) is 4.42. The minimum atomic E-state index is -4.70. The van der Waals surface area contributed by atoms with E-state index in [-0.39, 0.29) is 22.8 Å². The van der Waals surface area contributed by atoms with Gasteiger partial charge < -0.3 is 9.73 Å². The number of anilines is 1. The third kappa shape index (κ3) is 3.50. The highest BCUT2D eigenvalue weighted by molar-refractivity contribution is 9.10. The second kappa shape index (κ2) is 6.79. The molecule has 0 aliphatic heterocycles. The van der Waals surface area contributed by atoms with Crippen LogP contribution in [0, 0.1) is 0 Å². The third-order valence-corrected chi connectivity index (χ3v) is 4.35. The van der Waals surface area contributed by atoms with E-state index in [1.54, 1.807) is 30.3 Å². The Labute approximate surface area is 164 Å². The molecule has 1 N–H and O–H groups in total. The Morgan fingerprint density at radius 1 is 1.14 bits per heavy atom. The maximum Gasteiger partial charge on any atom is 0.433 e. The summed E-state index contributed by atoms with van der Waals surface area (Å²) in [6.45, 7) is 0. The van der Waals surface area contributed by atoms with Gasteiger partial charge in [0.2, 0.25) is 0 Å². The molecular weight excluding hydrogens is 441 g/mol. The van der Waals surface area contributed by atoms with Crippen molar-refractivity contribution in [2.24, 2.45) is 0 Å². The van der Waals surface area contributed by atoms with Crippen LogP contribution < -0.4 is 5.32 Å². The van der Waals surface area contributed by atoms with Crippen molar-refractivity contribution >= 4 is 33.2 Å². The van der Waals surface area contributed by atoms with Crippen molar-refractivity contribution in [3.63, 3.8) is 0 Å². The van der Waals surface area contributed by atoms with Gasteiger partial charge in [0.05, 0.1) is 6.26 Å². The van der Waals surface area contributed by atoms with Crippen molar-refractivity contribution < 1.29 is 22.4 Å². The van der Waals surface area contributed by atoms with Gasteiger partial charge in [-0.1, -0.05) is 15.9 Å². The number of fused-ring (bicyclic) bond motifs is 1. The standard InChI is InChI=1S/C18H10BrF3N4O2/c19-10-3-5-11(6-4-10)23-17(27)13-9-16-24-12(14-2-1-7-28-14)8-15(18(20,21)22)26(16)25-13/h1-9H,(H,23,27). The summed E-state index contributed by atoms with van der Waals surface area (Å²) in [6.07, 6.45) is -3.37. The maximum absolute atomic E-state index is 13.5. The van der Waals surface area contributed by atoms with Gasteiger partial charge in [0.15, 0.2) is 22.8 Å². The Morgan fingerprint density at radius 2 is 1.89 bits per heavy atom. The van der Waals surface area contributed by atoms with Gasteiger partial charge in [-0.3, -0.25) is 4.79 Å². The number of carbonyl (C=O) groups excluding carboxylic acids is 1. The number of furan rings is 1. The topological polar surface area (TPSA) is 72.4 Å². The van der Waals surface area contributed by atoms with Gasteiger partial charge in [-0.2, -0.15) is 18.3 Å². The van der Waals surface area contributed by atoms with Crippen LogP contribution in [0.4, 0.5) is 18.9 Å². The number of hydrogen-bond acceptors (Lipinski definition) is 4. The van der Waals surface area contributed by atoms with E-state index in [1.165, 1.54) is 18.4 Å². The lowest BCUT2D eigenvalue weighted by atomic mass is 10.2. The maximum atomic E-state index is 13.5. The number of carbonyl (C=O) groups is 1. The van der Waals surface area contributed by atoms with Crippen LogP contribution in [0.3, 0.4) is 0 Å². The molecule has 4 aromatic rings. The Morgan fingerprint density at radius 3 is 2.54 bits per heavy atom. The van der Waals surface area contributed by atoms with E-state index in [4.69, 9.17) is 4.42 Å². The lowest BCUT2D eigenvalue weighted by molar-refractivity contribution is -0.142. The largest absolute Gasteiger partial charge is 0.463 e. The van der Waals surface area contributed by atoms with Crippen molar-refractivity contribution in [2.45, 2.75) is 6.18 Å². The summed E-state index contributed by atoms with van der Waals surface area (Å²) < 4.78 is 47.1. The van der Waals surface area contributed by atoms with Gasteiger partial charge in [-0.25, -0.2) is 9.50 Å². The first-order chi connectivity index (χ1) is 13.3. The Bertz CT molecular complexity index is 1150. The summed E-state index contributed by atoms with van der Waals surface area (Å²) in [7, 11) is 0. The van der Waals surface area contributed by atoms with E-state index >= 15 is 0 Å². The first kappa shape index (κ1) is 18.2. The molecule has 10 heteroatoms. The molecule has 3 aromatic heterocycles. The number of amides is 1. The molecule has 142 valence electrons. The van der Waals surface area contributed by atoms with E-state index in [1.807, 2.05) is 0 Å². The number of rotatable bonds is 3. The normalized spacial score (nSPS) is 11.7. The molecule has 0 unspecified atom stereocenters. The van der Waals surface area contributed by atoms with Crippen molar-refractivity contribution in [3.8, 4) is 11.5 Å². The summed E-state index contributed by atoms with van der Waals surface area (Å²) in [6, 6.07) is 11.8. The smallest absolute Gasteiger partial charge is 0.433 e. The van der Waals surface area contributed by atoms with Crippen molar-refractivity contribution in [1.82, 2.24) is 14.6 Å². The fourth-order valence-electron chi connectivity index (χ4n) is 2.57.